The first kappa shape index (κ1) is 15.5. The minimum atomic E-state index is -3.79. The van der Waals surface area contributed by atoms with E-state index in [2.05, 4.69) is 5.32 Å². The van der Waals surface area contributed by atoms with Crippen LogP contribution in [0.2, 0.25) is 0 Å². The zero-order valence-corrected chi connectivity index (χ0v) is 12.1. The van der Waals surface area contributed by atoms with Gasteiger partial charge in [-0.15, -0.1) is 0 Å². The van der Waals surface area contributed by atoms with E-state index in [0.29, 0.717) is 24.3 Å². The minimum Gasteiger partial charge on any atom is -0.325 e. The molecule has 106 valence electrons. The Morgan fingerprint density at radius 2 is 1.89 bits per heavy atom. The van der Waals surface area contributed by atoms with E-state index in [1.807, 2.05) is 13.8 Å². The number of hydrogen-bond acceptors (Lipinski definition) is 3. The van der Waals surface area contributed by atoms with Crippen LogP contribution in [-0.4, -0.2) is 32.4 Å². The van der Waals surface area contributed by atoms with Crippen LogP contribution in [0.15, 0.2) is 23.1 Å². The zero-order chi connectivity index (χ0) is 14.6. The molecule has 0 atom stereocenters. The number of aryl methyl sites for hydroxylation is 1. The van der Waals surface area contributed by atoms with Crippen LogP contribution < -0.4 is 10.5 Å². The maximum atomic E-state index is 11.9. The number of hydrogen-bond donors (Lipinski definition) is 2. The predicted octanol–water partition coefficient (Wildman–Crippen LogP) is 1.52. The Balaban J connectivity index is 3.01. The van der Waals surface area contributed by atoms with Gasteiger partial charge in [-0.1, -0.05) is 6.07 Å². The summed E-state index contributed by atoms with van der Waals surface area (Å²) in [5, 5.41) is 7.77. The average molecular weight is 285 g/mol. The number of nitrogens with two attached hydrogens (primary N) is 1. The van der Waals surface area contributed by atoms with E-state index in [-0.39, 0.29) is 10.9 Å². The molecular weight excluding hydrogens is 266 g/mol. The molecule has 0 heterocycles. The summed E-state index contributed by atoms with van der Waals surface area (Å²) in [6.07, 6.45) is 0. The summed E-state index contributed by atoms with van der Waals surface area (Å²) in [5.74, 6) is 0. The number of carbonyl (C=O) groups is 1. The van der Waals surface area contributed by atoms with Gasteiger partial charge in [0, 0.05) is 18.8 Å². The van der Waals surface area contributed by atoms with Gasteiger partial charge in [-0.2, -0.15) is 0 Å². The Kier molecular flexibility index (Phi) is 4.90. The highest BCUT2D eigenvalue weighted by atomic mass is 32.2. The molecule has 0 unspecified atom stereocenters. The zero-order valence-electron chi connectivity index (χ0n) is 11.3. The molecule has 1 aromatic carbocycles. The molecule has 1 aromatic rings. The number of urea groups is 1. The highest BCUT2D eigenvalue weighted by Crippen LogP contribution is 2.19. The van der Waals surface area contributed by atoms with Gasteiger partial charge in [0.1, 0.15) is 0 Å². The second kappa shape index (κ2) is 6.03. The summed E-state index contributed by atoms with van der Waals surface area (Å²) < 4.78 is 22.8. The fourth-order valence-corrected chi connectivity index (χ4v) is 2.51. The van der Waals surface area contributed by atoms with E-state index in [0.717, 1.165) is 0 Å². The van der Waals surface area contributed by atoms with E-state index >= 15 is 0 Å². The first-order chi connectivity index (χ1) is 8.79. The first-order valence-electron chi connectivity index (χ1n) is 5.99. The molecule has 7 heteroatoms. The lowest BCUT2D eigenvalue weighted by Gasteiger charge is -2.19. The van der Waals surface area contributed by atoms with Gasteiger partial charge in [0.15, 0.2) is 0 Å². The molecule has 0 spiro atoms. The monoisotopic (exact) mass is 285 g/mol. The molecule has 1 rings (SSSR count). The van der Waals surface area contributed by atoms with Crippen molar-refractivity contribution in [3.05, 3.63) is 23.8 Å². The van der Waals surface area contributed by atoms with Crippen LogP contribution in [0.1, 0.15) is 19.4 Å². The lowest BCUT2D eigenvalue weighted by Crippen LogP contribution is -2.34. The third-order valence-electron chi connectivity index (χ3n) is 2.80. The second-order valence-corrected chi connectivity index (χ2v) is 5.66. The molecule has 0 saturated heterocycles. The third-order valence-corrected chi connectivity index (χ3v) is 3.85. The number of nitrogens with zero attached hydrogens (tertiary/aromatic N) is 1. The van der Waals surface area contributed by atoms with Crippen molar-refractivity contribution in [2.45, 2.75) is 25.7 Å². The number of amides is 2. The summed E-state index contributed by atoms with van der Waals surface area (Å²) in [4.78, 5) is 13.5. The smallest absolute Gasteiger partial charge is 0.321 e. The second-order valence-electron chi connectivity index (χ2n) is 4.13. The summed E-state index contributed by atoms with van der Waals surface area (Å²) in [7, 11) is -3.79. The van der Waals surface area contributed by atoms with E-state index < -0.39 is 10.0 Å². The molecule has 0 saturated carbocycles. The molecule has 0 aliphatic heterocycles. The number of rotatable bonds is 4. The maximum Gasteiger partial charge on any atom is 0.321 e. The van der Waals surface area contributed by atoms with Crippen LogP contribution in [-0.2, 0) is 10.0 Å². The Morgan fingerprint density at radius 3 is 2.37 bits per heavy atom. The Bertz CT molecular complexity index is 566. The van der Waals surface area contributed by atoms with Crippen molar-refractivity contribution in [1.82, 2.24) is 4.90 Å². The van der Waals surface area contributed by atoms with Crippen LogP contribution >= 0.6 is 0 Å². The van der Waals surface area contributed by atoms with Crippen molar-refractivity contribution in [1.29, 1.82) is 0 Å². The molecule has 0 bridgehead atoms. The van der Waals surface area contributed by atoms with E-state index in [1.54, 1.807) is 24.0 Å². The van der Waals surface area contributed by atoms with Crippen molar-refractivity contribution < 1.29 is 13.2 Å². The van der Waals surface area contributed by atoms with Crippen molar-refractivity contribution >= 4 is 21.7 Å². The lowest BCUT2D eigenvalue weighted by atomic mass is 10.2. The van der Waals surface area contributed by atoms with Crippen molar-refractivity contribution in [3.8, 4) is 0 Å². The molecule has 6 nitrogen and oxygen atoms in total. The third kappa shape index (κ3) is 3.93. The van der Waals surface area contributed by atoms with Crippen molar-refractivity contribution in [2.75, 3.05) is 18.4 Å². The molecule has 3 N–H and O–H groups in total. The highest BCUT2D eigenvalue weighted by molar-refractivity contribution is 7.89. The van der Waals surface area contributed by atoms with Gasteiger partial charge in [-0.25, -0.2) is 18.4 Å². The quantitative estimate of drug-likeness (QED) is 0.878. The molecule has 19 heavy (non-hydrogen) atoms. The molecular formula is C12H19N3O3S. The fourth-order valence-electron chi connectivity index (χ4n) is 1.70. The SMILES string of the molecule is CCN(CC)C(=O)Nc1ccc(C)c(S(N)(=O)=O)c1. The average Bonchev–Trinajstić information content (AvgIpc) is 2.31. The van der Waals surface area contributed by atoms with Gasteiger partial charge in [0.25, 0.3) is 0 Å². The molecule has 2 amide bonds. The van der Waals surface area contributed by atoms with Crippen LogP contribution in [0.25, 0.3) is 0 Å². The number of sulfonamides is 1. The van der Waals surface area contributed by atoms with Gasteiger partial charge >= 0.3 is 6.03 Å². The van der Waals surface area contributed by atoms with Crippen LogP contribution in [0.5, 0.6) is 0 Å². The van der Waals surface area contributed by atoms with Gasteiger partial charge in [0.05, 0.1) is 4.90 Å². The van der Waals surface area contributed by atoms with Crippen LogP contribution in [0.4, 0.5) is 10.5 Å². The lowest BCUT2D eigenvalue weighted by molar-refractivity contribution is 0.217. The van der Waals surface area contributed by atoms with E-state index in [4.69, 9.17) is 5.14 Å². The van der Waals surface area contributed by atoms with Gasteiger partial charge in [-0.3, -0.25) is 0 Å². The molecule has 0 aliphatic rings. The van der Waals surface area contributed by atoms with Crippen molar-refractivity contribution in [3.63, 3.8) is 0 Å². The first-order valence-corrected chi connectivity index (χ1v) is 7.53. The standard InChI is InChI=1S/C12H19N3O3S/c1-4-15(5-2)12(16)14-10-7-6-9(3)11(8-10)19(13,17)18/h6-8H,4-5H2,1-3H3,(H,14,16)(H2,13,17,18). The van der Waals surface area contributed by atoms with E-state index in [1.165, 1.54) is 6.07 Å². The normalized spacial score (nSPS) is 11.2. The summed E-state index contributed by atoms with van der Waals surface area (Å²) >= 11 is 0. The number of carbonyl (C=O) groups excluding carboxylic acids is 1. The number of anilines is 1. The van der Waals surface area contributed by atoms with Crippen LogP contribution in [0, 0.1) is 6.92 Å². The Labute approximate surface area is 113 Å². The summed E-state index contributed by atoms with van der Waals surface area (Å²) in [6.45, 7) is 6.55. The van der Waals surface area contributed by atoms with Gasteiger partial charge in [0.2, 0.25) is 10.0 Å². The fraction of sp³-hybridized carbons (Fsp3) is 0.417. The largest absolute Gasteiger partial charge is 0.325 e. The summed E-state index contributed by atoms with van der Waals surface area (Å²) in [6, 6.07) is 4.35. The summed E-state index contributed by atoms with van der Waals surface area (Å²) in [5.41, 5.74) is 0.954. The topological polar surface area (TPSA) is 92.5 Å². The van der Waals surface area contributed by atoms with E-state index in [9.17, 15) is 13.2 Å². The molecule has 0 aromatic heterocycles. The van der Waals surface area contributed by atoms with Crippen molar-refractivity contribution in [2.24, 2.45) is 5.14 Å². The number of benzene rings is 1. The van der Waals surface area contributed by atoms with Gasteiger partial charge < -0.3 is 10.2 Å². The molecule has 0 aliphatic carbocycles. The Morgan fingerprint density at radius 1 is 1.32 bits per heavy atom. The van der Waals surface area contributed by atoms with Crippen LogP contribution in [0.3, 0.4) is 0 Å². The number of nitrogens with one attached hydrogen (secondary N) is 1. The predicted molar refractivity (Wildman–Crippen MR) is 74.5 cm³/mol. The molecule has 0 fully saturated rings. The highest BCUT2D eigenvalue weighted by Gasteiger charge is 2.14. The maximum absolute atomic E-state index is 11.9. The molecule has 0 radical (unpaired) electrons. The van der Waals surface area contributed by atoms with Gasteiger partial charge in [-0.05, 0) is 38.5 Å². The minimum absolute atomic E-state index is 0.0184. The Hall–Kier alpha value is -1.60. The number of primary sulfonamides is 1.